The monoisotopic (exact) mass is 383 g/mol. The predicted octanol–water partition coefficient (Wildman–Crippen LogP) is 3.99. The van der Waals surface area contributed by atoms with Gasteiger partial charge in [-0.1, -0.05) is 35.9 Å². The summed E-state index contributed by atoms with van der Waals surface area (Å²) in [6, 6.07) is 14.7. The molecule has 7 heteroatoms. The van der Waals surface area contributed by atoms with Gasteiger partial charge in [0.1, 0.15) is 11.6 Å². The van der Waals surface area contributed by atoms with Crippen LogP contribution in [0.15, 0.2) is 53.9 Å². The minimum atomic E-state index is -0.197. The van der Waals surface area contributed by atoms with Crippen molar-refractivity contribution in [3.63, 3.8) is 0 Å². The molecule has 26 heavy (non-hydrogen) atoms. The Morgan fingerprint density at radius 2 is 1.96 bits per heavy atom. The molecular weight excluding hydrogens is 370 g/mol. The van der Waals surface area contributed by atoms with E-state index in [9.17, 15) is 9.59 Å². The number of carbonyl (C=O) groups excluding carboxylic acids is 2. The zero-order chi connectivity index (χ0) is 18.1. The molecule has 0 saturated heterocycles. The van der Waals surface area contributed by atoms with Gasteiger partial charge in [-0.2, -0.15) is 0 Å². The van der Waals surface area contributed by atoms with E-state index in [2.05, 4.69) is 10.3 Å². The van der Waals surface area contributed by atoms with Crippen LogP contribution in [-0.4, -0.2) is 23.3 Å². The van der Waals surface area contributed by atoms with Crippen LogP contribution in [0.5, 0.6) is 0 Å². The van der Waals surface area contributed by atoms with Gasteiger partial charge in [-0.15, -0.1) is 11.3 Å². The van der Waals surface area contributed by atoms with Crippen LogP contribution in [0.1, 0.15) is 5.69 Å². The molecule has 0 spiro atoms. The number of hydrogen-bond acceptors (Lipinski definition) is 4. The lowest BCUT2D eigenvalue weighted by Crippen LogP contribution is -2.42. The van der Waals surface area contributed by atoms with Gasteiger partial charge in [0.15, 0.2) is 0 Å². The lowest BCUT2D eigenvalue weighted by atomic mass is 10.1. The van der Waals surface area contributed by atoms with Crippen molar-refractivity contribution in [3.8, 4) is 10.6 Å². The normalized spacial score (nSPS) is 13.3. The van der Waals surface area contributed by atoms with E-state index in [0.717, 1.165) is 10.6 Å². The second-order valence-electron chi connectivity index (χ2n) is 5.87. The summed E-state index contributed by atoms with van der Waals surface area (Å²) in [7, 11) is 0. The Bertz CT molecular complexity index is 984. The minimum Gasteiger partial charge on any atom is -0.323 e. The molecule has 5 nitrogen and oxygen atoms in total. The van der Waals surface area contributed by atoms with Crippen molar-refractivity contribution in [2.75, 3.05) is 16.8 Å². The van der Waals surface area contributed by atoms with Gasteiger partial charge in [0.2, 0.25) is 11.8 Å². The molecule has 0 bridgehead atoms. The van der Waals surface area contributed by atoms with E-state index in [1.165, 1.54) is 16.2 Å². The van der Waals surface area contributed by atoms with Crippen molar-refractivity contribution in [2.24, 2.45) is 0 Å². The highest BCUT2D eigenvalue weighted by atomic mass is 35.5. The molecule has 1 aromatic heterocycles. The number of hydrogen-bond donors (Lipinski definition) is 1. The lowest BCUT2D eigenvalue weighted by molar-refractivity contribution is -0.121. The number of fused-ring (bicyclic) bond motifs is 1. The van der Waals surface area contributed by atoms with Crippen LogP contribution in [0, 0.1) is 0 Å². The molecule has 1 aliphatic rings. The number of halogens is 1. The third kappa shape index (κ3) is 3.34. The Labute approximate surface area is 159 Å². The van der Waals surface area contributed by atoms with Crippen LogP contribution in [0.25, 0.3) is 10.6 Å². The van der Waals surface area contributed by atoms with Crippen molar-refractivity contribution < 1.29 is 9.59 Å². The van der Waals surface area contributed by atoms with Crippen molar-refractivity contribution in [1.29, 1.82) is 0 Å². The van der Waals surface area contributed by atoms with Gasteiger partial charge in [-0.05, 0) is 24.3 Å². The van der Waals surface area contributed by atoms with Gasteiger partial charge in [0.25, 0.3) is 0 Å². The summed E-state index contributed by atoms with van der Waals surface area (Å²) < 4.78 is 0. The Balaban J connectivity index is 1.54. The first-order valence-corrected chi connectivity index (χ1v) is 9.25. The van der Waals surface area contributed by atoms with Gasteiger partial charge >= 0.3 is 0 Å². The molecule has 1 N–H and O–H groups in total. The maximum absolute atomic E-state index is 12.8. The smallest absolute Gasteiger partial charge is 0.244 e. The summed E-state index contributed by atoms with van der Waals surface area (Å²) in [6.45, 7) is 0.0179. The fourth-order valence-corrected chi connectivity index (χ4v) is 3.77. The molecule has 1 aliphatic heterocycles. The van der Waals surface area contributed by atoms with E-state index in [0.29, 0.717) is 22.1 Å². The molecule has 0 unspecified atom stereocenters. The van der Waals surface area contributed by atoms with Gasteiger partial charge in [-0.3, -0.25) is 9.59 Å². The van der Waals surface area contributed by atoms with Crippen molar-refractivity contribution in [3.05, 3.63) is 64.6 Å². The highest BCUT2D eigenvalue weighted by molar-refractivity contribution is 7.13. The molecule has 0 fully saturated rings. The quantitative estimate of drug-likeness (QED) is 0.743. The van der Waals surface area contributed by atoms with Crippen molar-refractivity contribution in [1.82, 2.24) is 4.98 Å². The molecule has 2 aromatic carbocycles. The number of para-hydroxylation sites is 2. The van der Waals surface area contributed by atoms with E-state index < -0.39 is 0 Å². The highest BCUT2D eigenvalue weighted by Crippen LogP contribution is 2.30. The average molecular weight is 384 g/mol. The second kappa shape index (κ2) is 6.90. The molecular formula is C19H14ClN3O2S. The van der Waals surface area contributed by atoms with Gasteiger partial charge < -0.3 is 10.2 Å². The minimum absolute atomic E-state index is 0.0179. The first-order chi connectivity index (χ1) is 12.6. The van der Waals surface area contributed by atoms with E-state index in [1.807, 2.05) is 47.8 Å². The lowest BCUT2D eigenvalue weighted by Gasteiger charge is -2.29. The second-order valence-corrected chi connectivity index (χ2v) is 7.17. The Morgan fingerprint density at radius 1 is 1.19 bits per heavy atom. The van der Waals surface area contributed by atoms with Crippen LogP contribution in [0.3, 0.4) is 0 Å². The molecule has 0 saturated carbocycles. The molecule has 130 valence electrons. The van der Waals surface area contributed by atoms with E-state index >= 15 is 0 Å². The third-order valence-electron chi connectivity index (χ3n) is 4.05. The summed E-state index contributed by atoms with van der Waals surface area (Å²) in [4.78, 5) is 30.7. The maximum Gasteiger partial charge on any atom is 0.244 e. The Kier molecular flexibility index (Phi) is 4.44. The number of amides is 2. The van der Waals surface area contributed by atoms with Crippen molar-refractivity contribution >= 4 is 46.1 Å². The fourth-order valence-electron chi connectivity index (χ4n) is 2.82. The predicted molar refractivity (Wildman–Crippen MR) is 104 cm³/mol. The summed E-state index contributed by atoms with van der Waals surface area (Å²) >= 11 is 7.39. The van der Waals surface area contributed by atoms with Crippen LogP contribution >= 0.6 is 22.9 Å². The van der Waals surface area contributed by atoms with E-state index in [-0.39, 0.29) is 24.8 Å². The average Bonchev–Trinajstić information content (AvgIpc) is 3.10. The van der Waals surface area contributed by atoms with Gasteiger partial charge in [0, 0.05) is 16.0 Å². The van der Waals surface area contributed by atoms with Crippen molar-refractivity contribution in [2.45, 2.75) is 6.42 Å². The number of nitrogens with zero attached hydrogens (tertiary/aromatic N) is 2. The van der Waals surface area contributed by atoms with Gasteiger partial charge in [0.05, 0.1) is 23.5 Å². The number of thiazole rings is 1. The van der Waals surface area contributed by atoms with Crippen LogP contribution in [-0.2, 0) is 16.0 Å². The number of benzene rings is 2. The Hall–Kier alpha value is -2.70. The van der Waals surface area contributed by atoms with Crippen LogP contribution < -0.4 is 10.2 Å². The standard InChI is InChI=1S/C19H14ClN3O2S/c20-13-7-5-12(6-8-13)19-21-14(11-26-19)9-18(25)23-10-17(24)22-15-3-1-2-4-16(15)23/h1-8,11H,9-10H2,(H,22,24). The number of carbonyl (C=O) groups is 2. The third-order valence-corrected chi connectivity index (χ3v) is 5.24. The molecule has 3 aromatic rings. The first-order valence-electron chi connectivity index (χ1n) is 8.00. The number of aromatic nitrogens is 1. The van der Waals surface area contributed by atoms with Gasteiger partial charge in [-0.25, -0.2) is 4.98 Å². The van der Waals surface area contributed by atoms with E-state index in [1.54, 1.807) is 6.07 Å². The largest absolute Gasteiger partial charge is 0.323 e. The topological polar surface area (TPSA) is 62.3 Å². The van der Waals surface area contributed by atoms with Crippen LogP contribution in [0.2, 0.25) is 5.02 Å². The zero-order valence-corrected chi connectivity index (χ0v) is 15.2. The molecule has 0 radical (unpaired) electrons. The zero-order valence-electron chi connectivity index (χ0n) is 13.6. The maximum atomic E-state index is 12.8. The summed E-state index contributed by atoms with van der Waals surface area (Å²) in [5.74, 6) is -0.350. The number of nitrogens with one attached hydrogen (secondary N) is 1. The molecule has 0 aliphatic carbocycles. The summed E-state index contributed by atoms with van der Waals surface area (Å²) in [5, 5.41) is 6.16. The highest BCUT2D eigenvalue weighted by Gasteiger charge is 2.27. The van der Waals surface area contributed by atoms with Crippen LogP contribution in [0.4, 0.5) is 11.4 Å². The SMILES string of the molecule is O=C1CN(C(=O)Cc2csc(-c3ccc(Cl)cc3)n2)c2ccccc2N1. The first kappa shape index (κ1) is 16.8. The molecule has 2 heterocycles. The molecule has 4 rings (SSSR count). The molecule has 0 atom stereocenters. The number of anilines is 2. The fraction of sp³-hybridized carbons (Fsp3) is 0.105. The molecule has 2 amide bonds. The van der Waals surface area contributed by atoms with E-state index in [4.69, 9.17) is 11.6 Å². The number of rotatable bonds is 3. The Morgan fingerprint density at radius 3 is 2.77 bits per heavy atom. The summed E-state index contributed by atoms with van der Waals surface area (Å²) in [6.07, 6.45) is 0.145. The summed E-state index contributed by atoms with van der Waals surface area (Å²) in [5.41, 5.74) is 3.01.